The van der Waals surface area contributed by atoms with Gasteiger partial charge < -0.3 is 14.4 Å². The minimum Gasteiger partial charge on any atom is -0.493 e. The smallest absolute Gasteiger partial charge is 0.243 e. The van der Waals surface area contributed by atoms with Crippen LogP contribution in [0.5, 0.6) is 11.5 Å². The fourth-order valence-electron chi connectivity index (χ4n) is 2.86. The number of Topliss-reactive ketones (excluding diaryl/α,β-unsaturated/α-hetero) is 1. The Morgan fingerprint density at radius 3 is 2.23 bits per heavy atom. The molecule has 0 aliphatic rings. The first-order valence-electron chi connectivity index (χ1n) is 9.10. The predicted octanol–water partition coefficient (Wildman–Crippen LogP) is 2.33. The van der Waals surface area contributed by atoms with Crippen molar-refractivity contribution in [2.24, 2.45) is 0 Å². The number of nitrogens with zero attached hydrogens (tertiary/aromatic N) is 2. The Morgan fingerprint density at radius 1 is 1.00 bits per heavy atom. The van der Waals surface area contributed by atoms with Gasteiger partial charge >= 0.3 is 0 Å². The SMILES string of the molecule is COc1ccc(CN(C)C(=O)CN(c2cccc(C(C)=O)c2)S(C)(=O)=O)cc1OC. The first-order valence-corrected chi connectivity index (χ1v) is 10.9. The van der Waals surface area contributed by atoms with Crippen molar-refractivity contribution in [2.75, 3.05) is 38.4 Å². The lowest BCUT2D eigenvalue weighted by Gasteiger charge is -2.25. The van der Waals surface area contributed by atoms with Crippen molar-refractivity contribution in [3.8, 4) is 11.5 Å². The molecule has 0 unspecified atom stereocenters. The summed E-state index contributed by atoms with van der Waals surface area (Å²) >= 11 is 0. The standard InChI is InChI=1S/C21H26N2O6S/c1-15(24)17-7-6-8-18(12-17)23(30(5,26)27)14-21(25)22(2)13-16-9-10-19(28-3)20(11-16)29-4/h6-12H,13-14H2,1-5H3. The van der Waals surface area contributed by atoms with Gasteiger partial charge in [-0.15, -0.1) is 0 Å². The van der Waals surface area contributed by atoms with Gasteiger partial charge in [0.2, 0.25) is 15.9 Å². The molecule has 2 rings (SSSR count). The van der Waals surface area contributed by atoms with E-state index in [4.69, 9.17) is 9.47 Å². The summed E-state index contributed by atoms with van der Waals surface area (Å²) in [5.41, 5.74) is 1.43. The second-order valence-corrected chi connectivity index (χ2v) is 8.72. The summed E-state index contributed by atoms with van der Waals surface area (Å²) in [5.74, 6) is 0.518. The molecule has 0 radical (unpaired) electrons. The molecule has 0 saturated heterocycles. The number of likely N-dealkylation sites (N-methyl/N-ethyl adjacent to an activating group) is 1. The molecule has 0 atom stereocenters. The van der Waals surface area contributed by atoms with E-state index in [9.17, 15) is 18.0 Å². The summed E-state index contributed by atoms with van der Waals surface area (Å²) in [4.78, 5) is 25.8. The summed E-state index contributed by atoms with van der Waals surface area (Å²) in [6, 6.07) is 11.5. The molecule has 0 aliphatic carbocycles. The lowest BCUT2D eigenvalue weighted by atomic mass is 10.1. The summed E-state index contributed by atoms with van der Waals surface area (Å²) in [6.45, 7) is 1.26. The minimum absolute atomic E-state index is 0.192. The van der Waals surface area contributed by atoms with Gasteiger partial charge in [-0.2, -0.15) is 0 Å². The summed E-state index contributed by atoms with van der Waals surface area (Å²) in [6.07, 6.45) is 1.02. The number of rotatable bonds is 9. The zero-order valence-corrected chi connectivity index (χ0v) is 18.5. The molecule has 8 nitrogen and oxygen atoms in total. The highest BCUT2D eigenvalue weighted by atomic mass is 32.2. The van der Waals surface area contributed by atoms with Gasteiger partial charge in [0, 0.05) is 19.2 Å². The van der Waals surface area contributed by atoms with E-state index in [2.05, 4.69) is 0 Å². The Bertz CT molecular complexity index is 1040. The van der Waals surface area contributed by atoms with Crippen LogP contribution in [0.1, 0.15) is 22.8 Å². The maximum Gasteiger partial charge on any atom is 0.243 e. The minimum atomic E-state index is -3.74. The van der Waals surface area contributed by atoms with Gasteiger partial charge in [0.1, 0.15) is 6.54 Å². The number of sulfonamides is 1. The summed E-state index contributed by atoms with van der Waals surface area (Å²) < 4.78 is 36.1. The molecule has 0 N–H and O–H groups in total. The number of carbonyl (C=O) groups is 2. The van der Waals surface area contributed by atoms with Crippen LogP contribution in [-0.4, -0.2) is 59.1 Å². The lowest BCUT2D eigenvalue weighted by Crippen LogP contribution is -2.41. The van der Waals surface area contributed by atoms with Gasteiger partial charge in [-0.25, -0.2) is 8.42 Å². The van der Waals surface area contributed by atoms with Crippen molar-refractivity contribution in [1.29, 1.82) is 0 Å². The van der Waals surface area contributed by atoms with Crippen molar-refractivity contribution in [3.63, 3.8) is 0 Å². The van der Waals surface area contributed by atoms with Crippen LogP contribution in [0.25, 0.3) is 0 Å². The summed E-state index contributed by atoms with van der Waals surface area (Å²) in [5, 5.41) is 0. The average molecular weight is 435 g/mol. The van der Waals surface area contributed by atoms with Gasteiger partial charge in [0.25, 0.3) is 0 Å². The highest BCUT2D eigenvalue weighted by molar-refractivity contribution is 7.92. The number of ketones is 1. The van der Waals surface area contributed by atoms with E-state index in [1.54, 1.807) is 43.4 Å². The fourth-order valence-corrected chi connectivity index (χ4v) is 3.71. The van der Waals surface area contributed by atoms with Crippen LogP contribution in [0, 0.1) is 0 Å². The van der Waals surface area contributed by atoms with E-state index in [1.165, 1.54) is 32.1 Å². The van der Waals surface area contributed by atoms with Gasteiger partial charge in [0.15, 0.2) is 17.3 Å². The van der Waals surface area contributed by atoms with E-state index < -0.39 is 15.9 Å². The number of amides is 1. The lowest BCUT2D eigenvalue weighted by molar-refractivity contribution is -0.128. The van der Waals surface area contributed by atoms with Gasteiger partial charge in [-0.3, -0.25) is 13.9 Å². The van der Waals surface area contributed by atoms with Crippen LogP contribution in [0.15, 0.2) is 42.5 Å². The first-order chi connectivity index (χ1) is 14.1. The predicted molar refractivity (Wildman–Crippen MR) is 115 cm³/mol. The third-order valence-electron chi connectivity index (χ3n) is 4.51. The zero-order valence-electron chi connectivity index (χ0n) is 17.7. The number of hydrogen-bond acceptors (Lipinski definition) is 6. The molecule has 0 fully saturated rings. The molecule has 0 spiro atoms. The Hall–Kier alpha value is -3.07. The first kappa shape index (κ1) is 23.2. The third-order valence-corrected chi connectivity index (χ3v) is 5.65. The quantitative estimate of drug-likeness (QED) is 0.563. The van der Waals surface area contributed by atoms with E-state index in [0.29, 0.717) is 17.1 Å². The zero-order chi connectivity index (χ0) is 22.5. The fraction of sp³-hybridized carbons (Fsp3) is 0.333. The molecule has 0 heterocycles. The molecule has 0 aliphatic heterocycles. The molecular weight excluding hydrogens is 408 g/mol. The largest absolute Gasteiger partial charge is 0.493 e. The number of carbonyl (C=O) groups excluding carboxylic acids is 2. The Labute approximate surface area is 177 Å². The molecule has 9 heteroatoms. The number of ether oxygens (including phenoxy) is 2. The van der Waals surface area contributed by atoms with Crippen LogP contribution in [0.4, 0.5) is 5.69 Å². The Balaban J connectivity index is 2.22. The van der Waals surface area contributed by atoms with Crippen molar-refractivity contribution < 1.29 is 27.5 Å². The van der Waals surface area contributed by atoms with Crippen LogP contribution in [0.3, 0.4) is 0 Å². The highest BCUT2D eigenvalue weighted by Crippen LogP contribution is 2.28. The van der Waals surface area contributed by atoms with Gasteiger partial charge in [-0.05, 0) is 36.8 Å². The molecule has 2 aromatic carbocycles. The van der Waals surface area contributed by atoms with Crippen LogP contribution in [0.2, 0.25) is 0 Å². The number of hydrogen-bond donors (Lipinski definition) is 0. The van der Waals surface area contributed by atoms with Crippen molar-refractivity contribution in [2.45, 2.75) is 13.5 Å². The molecular formula is C21H26N2O6S. The van der Waals surface area contributed by atoms with Gasteiger partial charge in [0.05, 0.1) is 26.2 Å². The molecule has 30 heavy (non-hydrogen) atoms. The average Bonchev–Trinajstić information content (AvgIpc) is 2.70. The monoisotopic (exact) mass is 434 g/mol. The normalized spacial score (nSPS) is 11.0. The molecule has 162 valence electrons. The van der Waals surface area contributed by atoms with Crippen molar-refractivity contribution in [3.05, 3.63) is 53.6 Å². The van der Waals surface area contributed by atoms with E-state index in [1.807, 2.05) is 0 Å². The van der Waals surface area contributed by atoms with Crippen LogP contribution < -0.4 is 13.8 Å². The number of benzene rings is 2. The van der Waals surface area contributed by atoms with Crippen molar-refractivity contribution >= 4 is 27.4 Å². The second-order valence-electron chi connectivity index (χ2n) is 6.82. The molecule has 0 aromatic heterocycles. The molecule has 0 bridgehead atoms. The van der Waals surface area contributed by atoms with Crippen molar-refractivity contribution in [1.82, 2.24) is 4.90 Å². The highest BCUT2D eigenvalue weighted by Gasteiger charge is 2.23. The number of anilines is 1. The maximum atomic E-state index is 12.8. The third kappa shape index (κ3) is 5.73. The van der Waals surface area contributed by atoms with E-state index >= 15 is 0 Å². The Morgan fingerprint density at radius 2 is 1.67 bits per heavy atom. The summed E-state index contributed by atoms with van der Waals surface area (Å²) in [7, 11) is 0.904. The second kappa shape index (κ2) is 9.62. The number of methoxy groups -OCH3 is 2. The Kier molecular flexibility index (Phi) is 7.44. The maximum absolute atomic E-state index is 12.8. The van der Waals surface area contributed by atoms with Crippen LogP contribution >= 0.6 is 0 Å². The molecule has 1 amide bonds. The van der Waals surface area contributed by atoms with Gasteiger partial charge in [-0.1, -0.05) is 18.2 Å². The van der Waals surface area contributed by atoms with E-state index in [-0.39, 0.29) is 24.6 Å². The molecule has 2 aromatic rings. The topological polar surface area (TPSA) is 93.2 Å². The van der Waals surface area contributed by atoms with Crippen LogP contribution in [-0.2, 0) is 21.4 Å². The molecule has 0 saturated carbocycles. The van der Waals surface area contributed by atoms with E-state index in [0.717, 1.165) is 16.1 Å².